The van der Waals surface area contributed by atoms with Crippen molar-refractivity contribution < 1.29 is 14.3 Å². The van der Waals surface area contributed by atoms with Gasteiger partial charge in [0.1, 0.15) is 17.5 Å². The summed E-state index contributed by atoms with van der Waals surface area (Å²) >= 11 is 0. The van der Waals surface area contributed by atoms with Gasteiger partial charge >= 0.3 is 0 Å². The van der Waals surface area contributed by atoms with Crippen LogP contribution in [-0.2, 0) is 6.54 Å². The third-order valence-corrected chi connectivity index (χ3v) is 7.67. The molecule has 2 aliphatic rings. The van der Waals surface area contributed by atoms with E-state index in [1.165, 1.54) is 11.8 Å². The summed E-state index contributed by atoms with van der Waals surface area (Å²) in [5.41, 5.74) is 3.19. The molecule has 0 radical (unpaired) electrons. The Kier molecular flexibility index (Phi) is 8.88. The maximum atomic E-state index is 13.0. The average molecular weight is 549 g/mol. The van der Waals surface area contributed by atoms with Gasteiger partial charge in [0, 0.05) is 57.8 Å². The summed E-state index contributed by atoms with van der Waals surface area (Å²) in [6.07, 6.45) is 4.63. The average Bonchev–Trinajstić information content (AvgIpc) is 3.03. The topological polar surface area (TPSA) is 122 Å². The third kappa shape index (κ3) is 7.27. The quantitative estimate of drug-likeness (QED) is 0.475. The van der Waals surface area contributed by atoms with Gasteiger partial charge in [-0.1, -0.05) is 12.1 Å². The molecule has 2 aliphatic heterocycles. The Balaban J connectivity index is 1.05. The number of hydrogen-bond donors (Lipinski definition) is 1. The number of carbonyl (C=O) groups excluding carboxylic acids is 2. The van der Waals surface area contributed by atoms with Gasteiger partial charge in [-0.15, -0.1) is 0 Å². The Hall–Kier alpha value is -4.73. The zero-order valence-corrected chi connectivity index (χ0v) is 22.8. The number of ether oxygens (including phenoxy) is 1. The van der Waals surface area contributed by atoms with Crippen molar-refractivity contribution in [3.05, 3.63) is 94.8 Å². The van der Waals surface area contributed by atoms with Crippen molar-refractivity contribution in [2.45, 2.75) is 44.4 Å². The van der Waals surface area contributed by atoms with Gasteiger partial charge in [0.2, 0.25) is 0 Å². The molecule has 0 spiro atoms. The highest BCUT2D eigenvalue weighted by Crippen LogP contribution is 2.21. The van der Waals surface area contributed by atoms with Crippen LogP contribution in [0.2, 0.25) is 0 Å². The van der Waals surface area contributed by atoms with Gasteiger partial charge in [-0.3, -0.25) is 19.5 Å². The number of nitrogens with one attached hydrogen (secondary N) is 1. The van der Waals surface area contributed by atoms with E-state index in [4.69, 9.17) is 15.3 Å². The lowest BCUT2D eigenvalue weighted by Gasteiger charge is -2.32. The minimum atomic E-state index is -0.227. The molecule has 0 aliphatic carbocycles. The predicted octanol–water partition coefficient (Wildman–Crippen LogP) is 3.90. The summed E-state index contributed by atoms with van der Waals surface area (Å²) < 4.78 is 6.02. The Bertz CT molecular complexity index is 1430. The summed E-state index contributed by atoms with van der Waals surface area (Å²) in [5.74, 6) is 0.395. The van der Waals surface area contributed by atoms with Gasteiger partial charge in [0.15, 0.2) is 0 Å². The Morgan fingerprint density at radius 2 is 1.49 bits per heavy atom. The molecule has 9 nitrogen and oxygen atoms in total. The zero-order chi connectivity index (χ0) is 28.6. The van der Waals surface area contributed by atoms with Gasteiger partial charge in [0.25, 0.3) is 11.8 Å². The van der Waals surface area contributed by atoms with Crippen LogP contribution in [0.3, 0.4) is 0 Å². The minimum absolute atomic E-state index is 0.0130. The monoisotopic (exact) mass is 548 g/mol. The van der Waals surface area contributed by atoms with Crippen LogP contribution in [0.4, 0.5) is 0 Å². The maximum Gasteiger partial charge on any atom is 0.270 e. The standard InChI is InChI=1S/C32H32N6O3/c33-19-23-1-3-25(4-2-23)22-37-15-11-27(12-16-37)36-31(39)30-10-7-26(21-35-30)32(40)38-17-13-29(14-18-38)41-28-8-5-24(20-34)6-9-28/h1-10,21,27,29H,11-18,22H2,(H,36,39). The Labute approximate surface area is 240 Å². The van der Waals surface area contributed by atoms with Crippen molar-refractivity contribution in [3.63, 3.8) is 0 Å². The Morgan fingerprint density at radius 3 is 2.07 bits per heavy atom. The number of amides is 2. The molecule has 41 heavy (non-hydrogen) atoms. The molecule has 1 N–H and O–H groups in total. The van der Waals surface area contributed by atoms with Crippen LogP contribution < -0.4 is 10.1 Å². The van der Waals surface area contributed by atoms with Gasteiger partial charge in [-0.25, -0.2) is 0 Å². The highest BCUT2D eigenvalue weighted by atomic mass is 16.5. The van der Waals surface area contributed by atoms with E-state index in [1.54, 1.807) is 41.3 Å². The van der Waals surface area contributed by atoms with Gasteiger partial charge in [-0.05, 0) is 66.9 Å². The molecule has 0 saturated carbocycles. The lowest BCUT2D eigenvalue weighted by molar-refractivity contribution is 0.0594. The highest BCUT2D eigenvalue weighted by molar-refractivity contribution is 5.96. The van der Waals surface area contributed by atoms with Crippen LogP contribution >= 0.6 is 0 Å². The first-order chi connectivity index (χ1) is 20.0. The molecule has 5 rings (SSSR count). The van der Waals surface area contributed by atoms with E-state index in [2.05, 4.69) is 27.3 Å². The summed E-state index contributed by atoms with van der Waals surface area (Å²) in [5, 5.41) is 21.0. The first-order valence-corrected chi connectivity index (χ1v) is 13.9. The number of benzene rings is 2. The van der Waals surface area contributed by atoms with Crippen LogP contribution in [0.1, 0.15) is 63.2 Å². The van der Waals surface area contributed by atoms with E-state index in [-0.39, 0.29) is 24.0 Å². The number of carbonyl (C=O) groups is 2. The molecule has 1 aromatic heterocycles. The van der Waals surface area contributed by atoms with Crippen molar-refractivity contribution in [2.24, 2.45) is 0 Å². The molecule has 3 aromatic rings. The molecule has 0 bridgehead atoms. The van der Waals surface area contributed by atoms with Crippen molar-refractivity contribution in [3.8, 4) is 17.9 Å². The number of nitrogens with zero attached hydrogens (tertiary/aromatic N) is 5. The van der Waals surface area contributed by atoms with Gasteiger partial charge in [-0.2, -0.15) is 10.5 Å². The van der Waals surface area contributed by atoms with E-state index >= 15 is 0 Å². The third-order valence-electron chi connectivity index (χ3n) is 7.67. The lowest BCUT2D eigenvalue weighted by Crippen LogP contribution is -2.44. The molecule has 2 aromatic carbocycles. The number of aromatic nitrogens is 1. The van der Waals surface area contributed by atoms with Crippen molar-refractivity contribution in [1.29, 1.82) is 10.5 Å². The summed E-state index contributed by atoms with van der Waals surface area (Å²) in [6, 6.07) is 22.3. The van der Waals surface area contributed by atoms with Crippen LogP contribution in [-0.4, -0.2) is 64.9 Å². The Morgan fingerprint density at radius 1 is 0.854 bits per heavy atom. The number of nitriles is 2. The first kappa shape index (κ1) is 27.8. The van der Waals surface area contributed by atoms with E-state index in [0.717, 1.165) is 38.2 Å². The van der Waals surface area contributed by atoms with Crippen LogP contribution in [0, 0.1) is 22.7 Å². The predicted molar refractivity (Wildman–Crippen MR) is 152 cm³/mol. The van der Waals surface area contributed by atoms with Crippen LogP contribution in [0.25, 0.3) is 0 Å². The number of rotatable bonds is 7. The van der Waals surface area contributed by atoms with Crippen LogP contribution in [0.15, 0.2) is 66.9 Å². The molecule has 9 heteroatoms. The van der Waals surface area contributed by atoms with Crippen molar-refractivity contribution >= 4 is 11.8 Å². The second-order valence-electron chi connectivity index (χ2n) is 10.5. The highest BCUT2D eigenvalue weighted by Gasteiger charge is 2.26. The van der Waals surface area contributed by atoms with Crippen LogP contribution in [0.5, 0.6) is 5.75 Å². The normalized spacial score (nSPS) is 16.4. The molecule has 0 atom stereocenters. The zero-order valence-electron chi connectivity index (χ0n) is 22.8. The number of pyridine rings is 1. The number of hydrogen-bond acceptors (Lipinski definition) is 7. The molecular weight excluding hydrogens is 516 g/mol. The number of piperidine rings is 2. The fourth-order valence-electron chi connectivity index (χ4n) is 5.25. The molecule has 0 unspecified atom stereocenters. The SMILES string of the molecule is N#Cc1ccc(CN2CCC(NC(=O)c3ccc(C(=O)N4CCC(Oc5ccc(C#N)cc5)CC4)cn3)CC2)cc1. The first-order valence-electron chi connectivity index (χ1n) is 13.9. The molecule has 3 heterocycles. The molecule has 2 amide bonds. The summed E-state index contributed by atoms with van der Waals surface area (Å²) in [6.45, 7) is 3.73. The molecule has 2 saturated heterocycles. The van der Waals surface area contributed by atoms with Gasteiger partial charge in [0.05, 0.1) is 28.8 Å². The fraction of sp³-hybridized carbons (Fsp3) is 0.344. The fourth-order valence-corrected chi connectivity index (χ4v) is 5.25. The second-order valence-corrected chi connectivity index (χ2v) is 10.5. The number of likely N-dealkylation sites (tertiary alicyclic amines) is 2. The van der Waals surface area contributed by atoms with E-state index in [9.17, 15) is 9.59 Å². The minimum Gasteiger partial charge on any atom is -0.490 e. The summed E-state index contributed by atoms with van der Waals surface area (Å²) in [7, 11) is 0. The van der Waals surface area contributed by atoms with E-state index in [0.29, 0.717) is 48.3 Å². The van der Waals surface area contributed by atoms with E-state index in [1.807, 2.05) is 24.3 Å². The molecule has 208 valence electrons. The maximum absolute atomic E-state index is 13.0. The van der Waals surface area contributed by atoms with Gasteiger partial charge < -0.3 is 15.0 Å². The second kappa shape index (κ2) is 13.1. The molecule has 2 fully saturated rings. The van der Waals surface area contributed by atoms with E-state index < -0.39 is 0 Å². The summed E-state index contributed by atoms with van der Waals surface area (Å²) in [4.78, 5) is 34.3. The van der Waals surface area contributed by atoms with Crippen molar-refractivity contribution in [2.75, 3.05) is 26.2 Å². The molecular formula is C32H32N6O3. The largest absolute Gasteiger partial charge is 0.490 e. The van der Waals surface area contributed by atoms with Crippen molar-refractivity contribution in [1.82, 2.24) is 20.1 Å². The lowest BCUT2D eigenvalue weighted by atomic mass is 10.0. The smallest absolute Gasteiger partial charge is 0.270 e.